The van der Waals surface area contributed by atoms with Gasteiger partial charge in [0, 0.05) is 36.3 Å². The number of nitrogens with one attached hydrogen (secondary N) is 2. The summed E-state index contributed by atoms with van der Waals surface area (Å²) in [5, 5.41) is 6.92. The molecular weight excluding hydrogens is 392 g/mol. The Morgan fingerprint density at radius 1 is 1.43 bits per heavy atom. The SMILES string of the molecule is CCNC(=NCc1cc(Cl)ccc1OC(F)F)NC1CCN(CC(N)=O)CC1. The van der Waals surface area contributed by atoms with Gasteiger partial charge in [0.2, 0.25) is 5.91 Å². The minimum absolute atomic E-state index is 0.0544. The highest BCUT2D eigenvalue weighted by Crippen LogP contribution is 2.25. The molecule has 0 radical (unpaired) electrons. The Kier molecular flexibility index (Phi) is 8.72. The second kappa shape index (κ2) is 11.0. The van der Waals surface area contributed by atoms with Crippen LogP contribution in [0.1, 0.15) is 25.3 Å². The van der Waals surface area contributed by atoms with Gasteiger partial charge >= 0.3 is 6.61 Å². The minimum Gasteiger partial charge on any atom is -0.434 e. The Balaban J connectivity index is 1.99. The van der Waals surface area contributed by atoms with Crippen molar-refractivity contribution in [2.75, 3.05) is 26.2 Å². The number of halogens is 3. The molecule has 0 spiro atoms. The molecule has 7 nitrogen and oxygen atoms in total. The summed E-state index contributed by atoms with van der Waals surface area (Å²) in [7, 11) is 0. The van der Waals surface area contributed by atoms with Crippen LogP contribution in [0.2, 0.25) is 5.02 Å². The van der Waals surface area contributed by atoms with E-state index in [1.807, 2.05) is 11.8 Å². The summed E-state index contributed by atoms with van der Waals surface area (Å²) in [5.74, 6) is 0.308. The van der Waals surface area contributed by atoms with Gasteiger partial charge in [0.05, 0.1) is 13.1 Å². The topological polar surface area (TPSA) is 92.0 Å². The Morgan fingerprint density at radius 3 is 2.75 bits per heavy atom. The van der Waals surface area contributed by atoms with E-state index in [0.29, 0.717) is 23.1 Å². The lowest BCUT2D eigenvalue weighted by Crippen LogP contribution is -2.49. The highest BCUT2D eigenvalue weighted by Gasteiger charge is 2.21. The number of guanidine groups is 1. The van der Waals surface area contributed by atoms with Crippen LogP contribution in [-0.4, -0.2) is 55.6 Å². The summed E-state index contributed by atoms with van der Waals surface area (Å²) in [6, 6.07) is 4.66. The predicted molar refractivity (Wildman–Crippen MR) is 105 cm³/mol. The molecule has 0 bridgehead atoms. The zero-order valence-electron chi connectivity index (χ0n) is 15.8. The third kappa shape index (κ3) is 7.47. The molecule has 1 aromatic rings. The lowest BCUT2D eigenvalue weighted by molar-refractivity contribution is -0.119. The summed E-state index contributed by atoms with van der Waals surface area (Å²) in [6.07, 6.45) is 1.68. The smallest absolute Gasteiger partial charge is 0.387 e. The molecule has 1 saturated heterocycles. The minimum atomic E-state index is -2.92. The molecule has 0 aromatic heterocycles. The first kappa shape index (κ1) is 22.2. The van der Waals surface area contributed by atoms with Crippen LogP contribution < -0.4 is 21.1 Å². The summed E-state index contributed by atoms with van der Waals surface area (Å²) in [5.41, 5.74) is 5.71. The molecule has 1 aliphatic heterocycles. The number of hydrogen-bond donors (Lipinski definition) is 3. The Morgan fingerprint density at radius 2 is 2.14 bits per heavy atom. The quantitative estimate of drug-likeness (QED) is 0.444. The average molecular weight is 418 g/mol. The van der Waals surface area contributed by atoms with E-state index in [9.17, 15) is 13.6 Å². The standard InChI is InChI=1S/C18H26ClF2N5O2/c1-2-23-18(25-14-5-7-26(8-6-14)11-16(22)27)24-10-12-9-13(19)3-4-15(12)28-17(20)21/h3-4,9,14,17H,2,5-8,10-11H2,1H3,(H2,22,27)(H2,23,24,25). The molecule has 0 unspecified atom stereocenters. The van der Waals surface area contributed by atoms with Crippen molar-refractivity contribution in [3.8, 4) is 5.75 Å². The second-order valence-corrected chi connectivity index (χ2v) is 6.92. The van der Waals surface area contributed by atoms with Crippen LogP contribution in [0.4, 0.5) is 8.78 Å². The van der Waals surface area contributed by atoms with Crippen molar-refractivity contribution < 1.29 is 18.3 Å². The van der Waals surface area contributed by atoms with E-state index in [2.05, 4.69) is 20.4 Å². The Hall–Kier alpha value is -2.13. The molecule has 28 heavy (non-hydrogen) atoms. The van der Waals surface area contributed by atoms with E-state index in [4.69, 9.17) is 17.3 Å². The highest BCUT2D eigenvalue weighted by molar-refractivity contribution is 6.30. The van der Waals surface area contributed by atoms with Gasteiger partial charge in [-0.25, -0.2) is 4.99 Å². The van der Waals surface area contributed by atoms with Gasteiger partial charge < -0.3 is 21.1 Å². The van der Waals surface area contributed by atoms with E-state index in [0.717, 1.165) is 25.9 Å². The monoisotopic (exact) mass is 417 g/mol. The van der Waals surface area contributed by atoms with E-state index >= 15 is 0 Å². The van der Waals surface area contributed by atoms with Gasteiger partial charge in [0.15, 0.2) is 5.96 Å². The zero-order chi connectivity index (χ0) is 20.5. The third-order valence-electron chi connectivity index (χ3n) is 4.30. The van der Waals surface area contributed by atoms with Crippen LogP contribution in [0.25, 0.3) is 0 Å². The number of ether oxygens (including phenoxy) is 1. The number of nitrogens with zero attached hydrogens (tertiary/aromatic N) is 2. The van der Waals surface area contributed by atoms with Crippen molar-refractivity contribution >= 4 is 23.5 Å². The number of aliphatic imine (C=N–C) groups is 1. The first-order chi connectivity index (χ1) is 13.4. The maximum atomic E-state index is 12.6. The van der Waals surface area contributed by atoms with E-state index in [-0.39, 0.29) is 30.8 Å². The van der Waals surface area contributed by atoms with Crippen LogP contribution in [0.5, 0.6) is 5.75 Å². The molecule has 1 fully saturated rings. The molecule has 1 aromatic carbocycles. The van der Waals surface area contributed by atoms with E-state index in [1.54, 1.807) is 6.07 Å². The molecular formula is C18H26ClF2N5O2. The first-order valence-electron chi connectivity index (χ1n) is 9.16. The van der Waals surface area contributed by atoms with Gasteiger partial charge in [-0.05, 0) is 38.0 Å². The summed E-state index contributed by atoms with van der Waals surface area (Å²) < 4.78 is 29.7. The van der Waals surface area contributed by atoms with Crippen molar-refractivity contribution in [1.29, 1.82) is 0 Å². The molecule has 10 heteroatoms. The van der Waals surface area contributed by atoms with Crippen molar-refractivity contribution in [1.82, 2.24) is 15.5 Å². The van der Waals surface area contributed by atoms with Crippen LogP contribution >= 0.6 is 11.6 Å². The molecule has 1 amide bonds. The lowest BCUT2D eigenvalue weighted by Gasteiger charge is -2.32. The third-order valence-corrected chi connectivity index (χ3v) is 4.53. The van der Waals surface area contributed by atoms with Gasteiger partial charge in [-0.1, -0.05) is 11.6 Å². The van der Waals surface area contributed by atoms with Gasteiger partial charge in [0.1, 0.15) is 5.75 Å². The number of carbonyl (C=O) groups is 1. The molecule has 2 rings (SSSR count). The second-order valence-electron chi connectivity index (χ2n) is 6.49. The van der Waals surface area contributed by atoms with Gasteiger partial charge in [-0.15, -0.1) is 0 Å². The number of amides is 1. The Labute approximate surface area is 168 Å². The molecule has 1 aliphatic rings. The number of rotatable bonds is 8. The van der Waals surface area contributed by atoms with Crippen LogP contribution in [0.3, 0.4) is 0 Å². The zero-order valence-corrected chi connectivity index (χ0v) is 16.5. The number of piperidine rings is 1. The van der Waals surface area contributed by atoms with Gasteiger partial charge in [0.25, 0.3) is 0 Å². The number of hydrogen-bond acceptors (Lipinski definition) is 4. The predicted octanol–water partition coefficient (Wildman–Crippen LogP) is 1.95. The maximum Gasteiger partial charge on any atom is 0.387 e. The number of benzene rings is 1. The number of likely N-dealkylation sites (tertiary alicyclic amines) is 1. The molecule has 0 saturated carbocycles. The fourth-order valence-electron chi connectivity index (χ4n) is 3.02. The van der Waals surface area contributed by atoms with Crippen molar-refractivity contribution in [2.24, 2.45) is 10.7 Å². The molecule has 1 heterocycles. The van der Waals surface area contributed by atoms with Crippen LogP contribution in [0, 0.1) is 0 Å². The number of nitrogens with two attached hydrogens (primary N) is 1. The largest absolute Gasteiger partial charge is 0.434 e. The average Bonchev–Trinajstić information content (AvgIpc) is 2.62. The molecule has 156 valence electrons. The molecule has 0 atom stereocenters. The fraction of sp³-hybridized carbons (Fsp3) is 0.556. The summed E-state index contributed by atoms with van der Waals surface area (Å²) in [4.78, 5) is 17.5. The number of carbonyl (C=O) groups excluding carboxylic acids is 1. The van der Waals surface area contributed by atoms with Crippen molar-refractivity contribution in [3.05, 3.63) is 28.8 Å². The number of alkyl halides is 2. The van der Waals surface area contributed by atoms with Gasteiger partial charge in [-0.2, -0.15) is 8.78 Å². The van der Waals surface area contributed by atoms with E-state index in [1.165, 1.54) is 12.1 Å². The number of primary amides is 1. The first-order valence-corrected chi connectivity index (χ1v) is 9.54. The van der Waals surface area contributed by atoms with Crippen molar-refractivity contribution in [3.63, 3.8) is 0 Å². The van der Waals surface area contributed by atoms with Crippen LogP contribution in [-0.2, 0) is 11.3 Å². The molecule has 4 N–H and O–H groups in total. The normalized spacial score (nSPS) is 16.2. The summed E-state index contributed by atoms with van der Waals surface area (Å²) >= 11 is 5.97. The van der Waals surface area contributed by atoms with E-state index < -0.39 is 6.61 Å². The van der Waals surface area contributed by atoms with Crippen molar-refractivity contribution in [2.45, 2.75) is 39.0 Å². The summed E-state index contributed by atoms with van der Waals surface area (Å²) in [6.45, 7) is 1.61. The molecule has 0 aliphatic carbocycles. The highest BCUT2D eigenvalue weighted by atomic mass is 35.5. The Bertz CT molecular complexity index is 682. The fourth-order valence-corrected chi connectivity index (χ4v) is 3.21. The van der Waals surface area contributed by atoms with Gasteiger partial charge in [-0.3, -0.25) is 9.69 Å². The maximum absolute atomic E-state index is 12.6. The van der Waals surface area contributed by atoms with Crippen LogP contribution in [0.15, 0.2) is 23.2 Å². The lowest BCUT2D eigenvalue weighted by atomic mass is 10.1.